The van der Waals surface area contributed by atoms with Gasteiger partial charge < -0.3 is 0 Å². The Morgan fingerprint density at radius 3 is 2.60 bits per heavy atom. The van der Waals surface area contributed by atoms with Crippen LogP contribution in [0.3, 0.4) is 0 Å². The zero-order valence-corrected chi connectivity index (χ0v) is 8.31. The molecule has 1 aromatic carbocycles. The first kappa shape index (κ1) is 9.45. The molecule has 1 heterocycles. The summed E-state index contributed by atoms with van der Waals surface area (Å²) >= 11 is 0. The fraction of sp³-hybridized carbons (Fsp3) is 0.0909. The topological polar surface area (TPSA) is 49.9 Å². The second-order valence-corrected chi connectivity index (χ2v) is 3.17. The zero-order chi connectivity index (χ0) is 10.7. The highest BCUT2D eigenvalue weighted by Crippen LogP contribution is 2.02. The van der Waals surface area contributed by atoms with Crippen LogP contribution in [0.5, 0.6) is 0 Å². The quantitative estimate of drug-likeness (QED) is 0.739. The van der Waals surface area contributed by atoms with Gasteiger partial charge in [-0.1, -0.05) is 35.0 Å². The third-order valence-corrected chi connectivity index (χ3v) is 2.08. The monoisotopic (exact) mass is 203 g/mol. The molecule has 1 N–H and O–H groups in total. The van der Waals surface area contributed by atoms with Crippen LogP contribution in [0.15, 0.2) is 39.6 Å². The van der Waals surface area contributed by atoms with Gasteiger partial charge in [0.2, 0.25) is 0 Å². The summed E-state index contributed by atoms with van der Waals surface area (Å²) < 4.78 is 6.14. The molecule has 4 nitrogen and oxygen atoms in total. The maximum Gasteiger partial charge on any atom is 0.434 e. The predicted molar refractivity (Wildman–Crippen MR) is 55.9 cm³/mol. The number of aryl methyl sites for hydroxylation is 1. The molecule has 0 atom stereocenters. The average Bonchev–Trinajstić information content (AvgIpc) is 2.58. The van der Waals surface area contributed by atoms with Crippen LogP contribution in [-0.4, -0.2) is 5.27 Å². The molecule has 15 heavy (non-hydrogen) atoms. The normalized spacial score (nSPS) is 11.0. The number of benzene rings is 1. The number of aromatic amines is 1. The molecule has 2 aromatic rings. The second kappa shape index (κ2) is 3.96. The summed E-state index contributed by atoms with van der Waals surface area (Å²) in [5.41, 5.74) is 1.15. The standard InChI is InChI=1S/C11H10N2O2/c1-13-10(11(14)15-12-13)8-7-9-5-3-2-4-6-9/h2-8H,1H3/p+1/b8-7+. The molecule has 0 fully saturated rings. The van der Waals surface area contributed by atoms with Gasteiger partial charge in [-0.25, -0.2) is 4.79 Å². The molecule has 0 saturated carbocycles. The predicted octanol–water partition coefficient (Wildman–Crippen LogP) is 0.963. The maximum absolute atomic E-state index is 11.2. The van der Waals surface area contributed by atoms with E-state index in [4.69, 9.17) is 0 Å². The Bertz CT molecular complexity index is 523. The van der Waals surface area contributed by atoms with Crippen molar-refractivity contribution in [2.24, 2.45) is 7.05 Å². The van der Waals surface area contributed by atoms with Crippen LogP contribution >= 0.6 is 0 Å². The summed E-state index contributed by atoms with van der Waals surface area (Å²) in [6, 6.07) is 9.76. The van der Waals surface area contributed by atoms with E-state index in [9.17, 15) is 4.79 Å². The number of H-pyrrole nitrogens is 1. The van der Waals surface area contributed by atoms with Crippen molar-refractivity contribution >= 4 is 12.2 Å². The average molecular weight is 203 g/mol. The molecule has 0 bridgehead atoms. The van der Waals surface area contributed by atoms with E-state index in [0.29, 0.717) is 5.69 Å². The van der Waals surface area contributed by atoms with Crippen molar-refractivity contribution < 1.29 is 9.20 Å². The molecule has 0 unspecified atom stereocenters. The maximum atomic E-state index is 11.2. The molecule has 0 radical (unpaired) electrons. The SMILES string of the molecule is C[n+]1[nH]oc(=O)c1/C=C/c1ccccc1. The largest absolute Gasteiger partial charge is 0.434 e. The highest BCUT2D eigenvalue weighted by atomic mass is 16.5. The van der Waals surface area contributed by atoms with Gasteiger partial charge in [0.05, 0.1) is 0 Å². The van der Waals surface area contributed by atoms with Crippen LogP contribution in [0.2, 0.25) is 0 Å². The van der Waals surface area contributed by atoms with Gasteiger partial charge in [0.15, 0.2) is 7.05 Å². The molecule has 0 spiro atoms. The van der Waals surface area contributed by atoms with Crippen LogP contribution in [0, 0.1) is 0 Å². The minimum Gasteiger partial charge on any atom is -0.283 e. The summed E-state index contributed by atoms with van der Waals surface area (Å²) in [5, 5.41) is 2.45. The van der Waals surface area contributed by atoms with E-state index in [-0.39, 0.29) is 5.63 Å². The number of rotatable bonds is 2. The number of hydrogen-bond acceptors (Lipinski definition) is 2. The smallest absolute Gasteiger partial charge is 0.283 e. The third kappa shape index (κ3) is 2.04. The van der Waals surface area contributed by atoms with Crippen molar-refractivity contribution in [1.82, 2.24) is 5.27 Å². The minimum atomic E-state index is -0.371. The molecule has 4 heteroatoms. The van der Waals surface area contributed by atoms with Crippen molar-refractivity contribution in [3.63, 3.8) is 0 Å². The summed E-state index contributed by atoms with van der Waals surface area (Å²) in [6.07, 6.45) is 3.58. The zero-order valence-electron chi connectivity index (χ0n) is 8.31. The highest BCUT2D eigenvalue weighted by molar-refractivity contribution is 5.66. The Morgan fingerprint density at radius 1 is 1.27 bits per heavy atom. The first-order valence-corrected chi connectivity index (χ1v) is 4.58. The van der Waals surface area contributed by atoms with Crippen molar-refractivity contribution in [2.75, 3.05) is 0 Å². The van der Waals surface area contributed by atoms with Gasteiger partial charge in [0.25, 0.3) is 0 Å². The van der Waals surface area contributed by atoms with E-state index in [1.165, 1.54) is 4.68 Å². The van der Waals surface area contributed by atoms with Crippen LogP contribution in [-0.2, 0) is 7.05 Å². The molecule has 0 aliphatic heterocycles. The lowest BCUT2D eigenvalue weighted by atomic mass is 10.2. The molecule has 0 amide bonds. The first-order valence-electron chi connectivity index (χ1n) is 4.58. The van der Waals surface area contributed by atoms with Gasteiger partial charge in [-0.2, -0.15) is 0 Å². The Morgan fingerprint density at radius 2 is 2.00 bits per heavy atom. The van der Waals surface area contributed by atoms with Crippen LogP contribution in [0.1, 0.15) is 11.3 Å². The Balaban J connectivity index is 2.30. The summed E-state index contributed by atoms with van der Waals surface area (Å²) in [5.74, 6) is 0. The molecular formula is C11H11N2O2+. The van der Waals surface area contributed by atoms with Gasteiger partial charge in [0, 0.05) is 6.08 Å². The van der Waals surface area contributed by atoms with Crippen LogP contribution in [0.4, 0.5) is 0 Å². The van der Waals surface area contributed by atoms with Crippen molar-refractivity contribution in [3.05, 3.63) is 52.0 Å². The molecule has 1 aromatic heterocycles. The second-order valence-electron chi connectivity index (χ2n) is 3.17. The van der Waals surface area contributed by atoms with E-state index in [1.807, 2.05) is 36.4 Å². The molecule has 0 aliphatic rings. The van der Waals surface area contributed by atoms with Gasteiger partial charge in [0.1, 0.15) is 0 Å². The summed E-state index contributed by atoms with van der Waals surface area (Å²) in [4.78, 5) is 11.2. The molecule has 76 valence electrons. The van der Waals surface area contributed by atoms with E-state index in [1.54, 1.807) is 13.1 Å². The van der Waals surface area contributed by atoms with Crippen molar-refractivity contribution in [1.29, 1.82) is 0 Å². The van der Waals surface area contributed by atoms with E-state index in [2.05, 4.69) is 9.79 Å². The number of nitrogens with one attached hydrogen (secondary N) is 1. The lowest BCUT2D eigenvalue weighted by molar-refractivity contribution is -0.741. The molecule has 0 saturated heterocycles. The molecule has 0 aliphatic carbocycles. The van der Waals surface area contributed by atoms with Gasteiger partial charge in [-0.15, -0.1) is 0 Å². The van der Waals surface area contributed by atoms with E-state index in [0.717, 1.165) is 5.56 Å². The van der Waals surface area contributed by atoms with Gasteiger partial charge in [-0.3, -0.25) is 4.52 Å². The molecule has 2 rings (SSSR count). The Kier molecular flexibility index (Phi) is 2.49. The van der Waals surface area contributed by atoms with Crippen molar-refractivity contribution in [3.8, 4) is 0 Å². The van der Waals surface area contributed by atoms with Crippen LogP contribution in [0.25, 0.3) is 12.2 Å². The lowest BCUT2D eigenvalue weighted by Gasteiger charge is -1.88. The minimum absolute atomic E-state index is 0.371. The number of aromatic nitrogens is 2. The Hall–Kier alpha value is -2.10. The van der Waals surface area contributed by atoms with Gasteiger partial charge >= 0.3 is 11.3 Å². The first-order chi connectivity index (χ1) is 7.27. The van der Waals surface area contributed by atoms with Crippen molar-refractivity contribution in [2.45, 2.75) is 0 Å². The fourth-order valence-electron chi connectivity index (χ4n) is 1.27. The third-order valence-electron chi connectivity index (χ3n) is 2.08. The van der Waals surface area contributed by atoms with Gasteiger partial charge in [-0.05, 0) is 16.9 Å². The summed E-state index contributed by atoms with van der Waals surface area (Å²) in [6.45, 7) is 0. The summed E-state index contributed by atoms with van der Waals surface area (Å²) in [7, 11) is 1.72. The molecular weight excluding hydrogens is 192 g/mol. The number of nitrogens with zero attached hydrogens (tertiary/aromatic N) is 1. The van der Waals surface area contributed by atoms with E-state index >= 15 is 0 Å². The lowest BCUT2D eigenvalue weighted by Crippen LogP contribution is -2.34. The number of hydrogen-bond donors (Lipinski definition) is 1. The van der Waals surface area contributed by atoms with Crippen LogP contribution < -0.4 is 10.3 Å². The fourth-order valence-corrected chi connectivity index (χ4v) is 1.27. The van der Waals surface area contributed by atoms with E-state index < -0.39 is 0 Å². The Labute approximate surface area is 86.4 Å². The highest BCUT2D eigenvalue weighted by Gasteiger charge is 2.12.